The van der Waals surface area contributed by atoms with Crippen LogP contribution in [0.25, 0.3) is 0 Å². The summed E-state index contributed by atoms with van der Waals surface area (Å²) in [6, 6.07) is -1.20. The van der Waals surface area contributed by atoms with E-state index in [-0.39, 0.29) is 29.5 Å². The average Bonchev–Trinajstić information content (AvgIpc) is 2.60. The van der Waals surface area contributed by atoms with Crippen LogP contribution in [0.5, 0.6) is 11.9 Å². The second-order valence-corrected chi connectivity index (χ2v) is 7.14. The Kier molecular flexibility index (Phi) is 7.08. The Balaban J connectivity index is 2.34. The maximum absolute atomic E-state index is 12.8. The third-order valence-corrected chi connectivity index (χ3v) is 4.35. The van der Waals surface area contributed by atoms with Crippen LogP contribution in [0.15, 0.2) is 11.2 Å². The lowest BCUT2D eigenvalue weighted by Crippen LogP contribution is -2.36. The maximum Gasteiger partial charge on any atom is 0.335 e. The minimum absolute atomic E-state index is 0.0544. The van der Waals surface area contributed by atoms with Gasteiger partial charge in [-0.05, 0) is 19.1 Å². The Morgan fingerprint density at radius 2 is 1.97 bits per heavy atom. The molecular weight excluding hydrogens is 426 g/mol. The summed E-state index contributed by atoms with van der Waals surface area (Å²) < 4.78 is 37.3. The van der Waals surface area contributed by atoms with Gasteiger partial charge in [0.05, 0.1) is 7.11 Å². The van der Waals surface area contributed by atoms with Crippen molar-refractivity contribution in [2.24, 2.45) is 0 Å². The number of hydrogen-bond acceptors (Lipinski definition) is 13. The molecule has 0 spiro atoms. The quantitative estimate of drug-likeness (QED) is 0.359. The predicted octanol–water partition coefficient (Wildman–Crippen LogP) is -0.286. The lowest BCUT2D eigenvalue weighted by atomic mass is 10.5. The van der Waals surface area contributed by atoms with Gasteiger partial charge in [-0.15, -0.1) is 0 Å². The number of anilines is 2. The van der Waals surface area contributed by atoms with Crippen LogP contribution in [0, 0.1) is 6.92 Å². The molecule has 0 fully saturated rings. The van der Waals surface area contributed by atoms with Crippen molar-refractivity contribution < 1.29 is 22.7 Å². The number of hydrogen-bond donors (Lipinski definition) is 3. The van der Waals surface area contributed by atoms with Crippen LogP contribution in [-0.4, -0.2) is 71.1 Å². The Morgan fingerprint density at radius 1 is 1.24 bits per heavy atom. The number of nitrogens with zero attached hydrogens (tertiary/aromatic N) is 6. The number of carbonyl (C=O) groups is 1. The van der Waals surface area contributed by atoms with Crippen LogP contribution < -0.4 is 24.9 Å². The van der Waals surface area contributed by atoms with Gasteiger partial charge in [-0.25, -0.2) is 32.9 Å². The van der Waals surface area contributed by atoms with E-state index < -0.39 is 20.9 Å². The zero-order chi connectivity index (χ0) is 21.6. The van der Waals surface area contributed by atoms with Gasteiger partial charge >= 0.3 is 12.0 Å². The normalized spacial score (nSPS) is 10.9. The minimum atomic E-state index is -4.50. The summed E-state index contributed by atoms with van der Waals surface area (Å²) in [7, 11) is 0.0364. The van der Waals surface area contributed by atoms with Crippen LogP contribution in [0.4, 0.5) is 16.6 Å². The highest BCUT2D eigenvalue weighted by molar-refractivity contribution is 7.90. The van der Waals surface area contributed by atoms with Crippen molar-refractivity contribution in [3.05, 3.63) is 12.2 Å². The Labute approximate surface area is 171 Å². The molecule has 0 bridgehead atoms. The van der Waals surface area contributed by atoms with Gasteiger partial charge in [0.2, 0.25) is 11.8 Å². The summed E-state index contributed by atoms with van der Waals surface area (Å²) in [5, 5.41) is 3.62. The van der Waals surface area contributed by atoms with Crippen LogP contribution >= 0.6 is 12.2 Å². The van der Waals surface area contributed by atoms with Crippen molar-refractivity contribution in [3.63, 3.8) is 0 Å². The van der Waals surface area contributed by atoms with Gasteiger partial charge in [0.25, 0.3) is 10.0 Å². The number of hydrazine groups is 1. The van der Waals surface area contributed by atoms with Crippen LogP contribution in [0.2, 0.25) is 0 Å². The molecule has 3 N–H and O–H groups in total. The molecule has 2 heterocycles. The molecule has 14 nitrogen and oxygen atoms in total. The second kappa shape index (κ2) is 9.30. The van der Waals surface area contributed by atoms with E-state index >= 15 is 0 Å². The lowest BCUT2D eigenvalue weighted by Gasteiger charge is -2.17. The number of aromatic nitrogens is 5. The van der Waals surface area contributed by atoms with Crippen LogP contribution in [0.1, 0.15) is 5.82 Å². The number of sulfonamides is 1. The number of rotatable bonds is 8. The number of urea groups is 1. The largest absolute Gasteiger partial charge is 0.467 e. The van der Waals surface area contributed by atoms with Gasteiger partial charge in [0.1, 0.15) is 12.2 Å². The smallest absolute Gasteiger partial charge is 0.335 e. The van der Waals surface area contributed by atoms with Gasteiger partial charge in [0, 0.05) is 14.1 Å². The predicted molar refractivity (Wildman–Crippen MR) is 104 cm³/mol. The fourth-order valence-electron chi connectivity index (χ4n) is 1.93. The number of aryl methyl sites for hydroxylation is 1. The molecule has 0 aromatic carbocycles. The van der Waals surface area contributed by atoms with Crippen molar-refractivity contribution in [3.8, 4) is 11.9 Å². The number of amides is 2. The molecule has 0 radical (unpaired) electrons. The monoisotopic (exact) mass is 443 g/mol. The van der Waals surface area contributed by atoms with E-state index in [2.05, 4.69) is 47.9 Å². The van der Waals surface area contributed by atoms with Crippen molar-refractivity contribution in [1.29, 1.82) is 0 Å². The summed E-state index contributed by atoms with van der Waals surface area (Å²) in [5.41, 5.74) is 3.50. The molecule has 16 heteroatoms. The fourth-order valence-corrected chi connectivity index (χ4v) is 3.10. The summed E-state index contributed by atoms with van der Waals surface area (Å²) in [6.07, 6.45) is 1.07. The standard InChI is InChI=1S/C13H17N9O5S2/c1-7-16-11(19-13(17-7)26-4)18-12(23)21-29(24,25)8-9(20-22(2)3)14-5-15-10(8)27-6-28/h5-6H,1-4H3,(H,14,15,20)(H2,16,17,18,19,21,23). The Morgan fingerprint density at radius 3 is 2.59 bits per heavy atom. The van der Waals surface area contributed by atoms with Gasteiger partial charge in [-0.2, -0.15) is 15.0 Å². The molecule has 0 saturated heterocycles. The van der Waals surface area contributed by atoms with Crippen LogP contribution in [-0.2, 0) is 10.0 Å². The first-order chi connectivity index (χ1) is 13.7. The molecule has 0 atom stereocenters. The van der Waals surface area contributed by atoms with E-state index in [1.807, 2.05) is 0 Å². The number of nitrogens with one attached hydrogen (secondary N) is 3. The zero-order valence-corrected chi connectivity index (χ0v) is 17.3. The molecule has 2 aromatic heterocycles. The van der Waals surface area contributed by atoms with E-state index in [4.69, 9.17) is 9.47 Å². The number of thiocarbonyl (C=S) groups is 1. The molecule has 156 valence electrons. The maximum atomic E-state index is 12.8. The molecule has 0 unspecified atom stereocenters. The van der Waals surface area contributed by atoms with E-state index in [9.17, 15) is 13.2 Å². The molecule has 2 amide bonds. The molecule has 0 aliphatic carbocycles. The first kappa shape index (κ1) is 22.1. The van der Waals surface area contributed by atoms with E-state index in [0.717, 1.165) is 11.9 Å². The first-order valence-corrected chi connectivity index (χ1v) is 9.61. The highest BCUT2D eigenvalue weighted by Crippen LogP contribution is 2.27. The van der Waals surface area contributed by atoms with Gasteiger partial charge in [-0.1, -0.05) is 0 Å². The van der Waals surface area contributed by atoms with Gasteiger partial charge in [0.15, 0.2) is 16.3 Å². The summed E-state index contributed by atoms with van der Waals surface area (Å²) >= 11 is 4.59. The summed E-state index contributed by atoms with van der Waals surface area (Å²) in [5.74, 6) is -0.485. The topological polar surface area (TPSA) is 173 Å². The van der Waals surface area contributed by atoms with Crippen LogP contribution in [0.3, 0.4) is 0 Å². The fraction of sp³-hybridized carbons (Fsp3) is 0.308. The molecule has 0 aliphatic rings. The molecule has 2 rings (SSSR count). The lowest BCUT2D eigenvalue weighted by molar-refractivity contribution is 0.256. The third kappa shape index (κ3) is 5.87. The number of ether oxygens (including phenoxy) is 2. The zero-order valence-electron chi connectivity index (χ0n) is 15.7. The molecule has 0 saturated carbocycles. The van der Waals surface area contributed by atoms with E-state index in [0.29, 0.717) is 0 Å². The Hall–Kier alpha value is -3.24. The van der Waals surface area contributed by atoms with Gasteiger partial charge < -0.3 is 14.9 Å². The summed E-state index contributed by atoms with van der Waals surface area (Å²) in [6.45, 7) is 1.54. The van der Waals surface area contributed by atoms with Gasteiger partial charge in [-0.3, -0.25) is 5.32 Å². The number of methoxy groups -OCH3 is 1. The SMILES string of the molecule is COc1nc(C)nc(NC(=O)NS(=O)(=O)c2c(NN(C)C)ncnc2OC=S)n1. The van der Waals surface area contributed by atoms with Crippen molar-refractivity contribution in [2.45, 2.75) is 11.8 Å². The summed E-state index contributed by atoms with van der Waals surface area (Å²) in [4.78, 5) is 30.8. The Bertz CT molecular complexity index is 1020. The molecule has 2 aromatic rings. The molecular formula is C13H17N9O5S2. The molecule has 29 heavy (non-hydrogen) atoms. The average molecular weight is 443 g/mol. The van der Waals surface area contributed by atoms with Crippen molar-refractivity contribution >= 4 is 45.6 Å². The second-order valence-electron chi connectivity index (χ2n) is 5.33. The highest BCUT2D eigenvalue weighted by atomic mass is 32.2. The minimum Gasteiger partial charge on any atom is -0.467 e. The molecule has 0 aliphatic heterocycles. The van der Waals surface area contributed by atoms with Crippen molar-refractivity contribution in [2.75, 3.05) is 31.9 Å². The number of carbonyl (C=O) groups excluding carboxylic acids is 1. The first-order valence-electron chi connectivity index (χ1n) is 7.66. The third-order valence-electron chi connectivity index (χ3n) is 2.89. The highest BCUT2D eigenvalue weighted by Gasteiger charge is 2.29. The van der Waals surface area contributed by atoms with Crippen molar-refractivity contribution in [1.82, 2.24) is 34.7 Å². The van der Waals surface area contributed by atoms with E-state index in [1.165, 1.54) is 12.1 Å². The van der Waals surface area contributed by atoms with E-state index in [1.54, 1.807) is 25.7 Å².